The van der Waals surface area contributed by atoms with Crippen molar-refractivity contribution in [2.45, 2.75) is 74.6 Å². The zero-order chi connectivity index (χ0) is 24.1. The summed E-state index contributed by atoms with van der Waals surface area (Å²) in [6, 6.07) is -1.14. The summed E-state index contributed by atoms with van der Waals surface area (Å²) >= 11 is 1.60. The van der Waals surface area contributed by atoms with Crippen LogP contribution < -0.4 is 0 Å². The third-order valence-corrected chi connectivity index (χ3v) is 9.84. The van der Waals surface area contributed by atoms with Crippen LogP contribution >= 0.6 is 11.8 Å². The summed E-state index contributed by atoms with van der Waals surface area (Å²) in [5, 5.41) is 10.2. The smallest absolute Gasteiger partial charge is 0.247 e. The summed E-state index contributed by atoms with van der Waals surface area (Å²) < 4.78 is -1.42. The topological polar surface area (TPSA) is 81.2 Å². The normalized spacial score (nSPS) is 37.6. The molecule has 182 valence electrons. The quantitative estimate of drug-likeness (QED) is 0.595. The van der Waals surface area contributed by atoms with E-state index in [9.17, 15) is 19.5 Å². The van der Waals surface area contributed by atoms with E-state index in [-0.39, 0.29) is 30.4 Å². The molecule has 2 fully saturated rings. The van der Waals surface area contributed by atoms with Crippen LogP contribution in [-0.4, -0.2) is 91.9 Å². The molecular formula is C25H37N3O4S. The van der Waals surface area contributed by atoms with E-state index < -0.39 is 33.4 Å². The minimum Gasteiger partial charge on any atom is -0.394 e. The van der Waals surface area contributed by atoms with Gasteiger partial charge in [-0.05, 0) is 26.7 Å². The number of carbonyl (C=O) groups excluding carboxylic acids is 3. The first-order valence-electron chi connectivity index (χ1n) is 12.2. The molecule has 3 amide bonds. The van der Waals surface area contributed by atoms with Crippen molar-refractivity contribution in [1.29, 1.82) is 0 Å². The van der Waals surface area contributed by atoms with Crippen molar-refractivity contribution in [3.05, 3.63) is 24.3 Å². The van der Waals surface area contributed by atoms with Crippen molar-refractivity contribution in [2.24, 2.45) is 11.8 Å². The van der Waals surface area contributed by atoms with Crippen LogP contribution in [0.4, 0.5) is 0 Å². The Kier molecular flexibility index (Phi) is 6.46. The highest BCUT2D eigenvalue weighted by Crippen LogP contribution is 2.65. The molecule has 2 unspecified atom stereocenters. The van der Waals surface area contributed by atoms with Gasteiger partial charge in [-0.2, -0.15) is 0 Å². The van der Waals surface area contributed by atoms with Gasteiger partial charge in [0.05, 0.1) is 29.2 Å². The minimum absolute atomic E-state index is 0.0487. The molecule has 7 atom stereocenters. The molecule has 0 radical (unpaired) electrons. The Morgan fingerprint density at radius 3 is 2.42 bits per heavy atom. The highest BCUT2D eigenvalue weighted by atomic mass is 32.2. The number of thioether (sulfide) groups is 1. The van der Waals surface area contributed by atoms with Gasteiger partial charge in [0.2, 0.25) is 17.7 Å². The van der Waals surface area contributed by atoms with Crippen molar-refractivity contribution in [1.82, 2.24) is 14.7 Å². The van der Waals surface area contributed by atoms with Crippen LogP contribution in [0.25, 0.3) is 0 Å². The molecule has 0 aromatic rings. The number of nitrogens with zero attached hydrogens (tertiary/aromatic N) is 3. The summed E-state index contributed by atoms with van der Waals surface area (Å²) in [4.78, 5) is 47.1. The standard InChI is InChI=1S/C25H37N3O4S/c1-6-10-16(3)27-14-9-12-25-19(18-21(30)26(5)13-8-11-24(18,4)33-25)22(31)28(17(7-2)15-29)20(25)23(27)32/h8-9,11-12,16-20,29H,6-7,10,13-15H2,1-5H3/t16?,17-,18-,19-,20?,24+,25-/m0/s1. The molecular weight excluding hydrogens is 438 g/mol. The molecule has 0 bridgehead atoms. The molecule has 8 heteroatoms. The number of hydrogen-bond acceptors (Lipinski definition) is 5. The fraction of sp³-hybridized carbons (Fsp3) is 0.720. The maximum atomic E-state index is 14.2. The lowest BCUT2D eigenvalue weighted by Gasteiger charge is -2.40. The van der Waals surface area contributed by atoms with Gasteiger partial charge in [0.15, 0.2) is 0 Å². The summed E-state index contributed by atoms with van der Waals surface area (Å²) in [7, 11) is 1.77. The van der Waals surface area contributed by atoms with E-state index in [2.05, 4.69) is 19.9 Å². The first-order valence-corrected chi connectivity index (χ1v) is 13.0. The monoisotopic (exact) mass is 475 g/mol. The van der Waals surface area contributed by atoms with Gasteiger partial charge in [-0.1, -0.05) is 44.6 Å². The van der Waals surface area contributed by atoms with Gasteiger partial charge in [0.25, 0.3) is 0 Å². The third kappa shape index (κ3) is 3.47. The van der Waals surface area contributed by atoms with E-state index in [1.165, 1.54) is 0 Å². The molecule has 2 saturated heterocycles. The number of aliphatic hydroxyl groups is 1. The maximum absolute atomic E-state index is 14.2. The number of carbonyl (C=O) groups is 3. The first kappa shape index (κ1) is 24.3. The van der Waals surface area contributed by atoms with Crippen molar-refractivity contribution in [3.8, 4) is 0 Å². The molecule has 0 saturated carbocycles. The van der Waals surface area contributed by atoms with Gasteiger partial charge < -0.3 is 19.8 Å². The molecule has 0 aliphatic carbocycles. The molecule has 4 aliphatic rings. The van der Waals surface area contributed by atoms with Crippen LogP contribution in [0, 0.1) is 11.8 Å². The zero-order valence-corrected chi connectivity index (χ0v) is 21.2. The third-order valence-electron chi connectivity index (χ3n) is 8.04. The predicted octanol–water partition coefficient (Wildman–Crippen LogP) is 2.06. The molecule has 7 nitrogen and oxygen atoms in total. The molecule has 0 aromatic carbocycles. The average molecular weight is 476 g/mol. The Hall–Kier alpha value is -1.80. The fourth-order valence-corrected chi connectivity index (χ4v) is 8.52. The SMILES string of the molecule is CCCC(C)N1CC=C[C@]23S[C@]4(C)C=CCN(C)C(=O)[C@@H]4[C@H]2C(=O)N([C@@H](CC)CO)C3C1=O. The molecule has 4 heterocycles. The minimum atomic E-state index is -0.838. The van der Waals surface area contributed by atoms with E-state index in [0.717, 1.165) is 12.8 Å². The number of likely N-dealkylation sites (tertiary alicyclic amines) is 1. The Balaban J connectivity index is 1.89. The molecule has 33 heavy (non-hydrogen) atoms. The Bertz CT molecular complexity index is 887. The van der Waals surface area contributed by atoms with Crippen molar-refractivity contribution in [3.63, 3.8) is 0 Å². The summed E-state index contributed by atoms with van der Waals surface area (Å²) in [5.74, 6) is -1.50. The summed E-state index contributed by atoms with van der Waals surface area (Å²) in [6.07, 6.45) is 10.5. The van der Waals surface area contributed by atoms with Gasteiger partial charge >= 0.3 is 0 Å². The zero-order valence-electron chi connectivity index (χ0n) is 20.4. The average Bonchev–Trinajstić information content (AvgIpc) is 3.05. The van der Waals surface area contributed by atoms with Crippen LogP contribution in [0.2, 0.25) is 0 Å². The van der Waals surface area contributed by atoms with Gasteiger partial charge in [-0.3, -0.25) is 14.4 Å². The van der Waals surface area contributed by atoms with E-state index in [1.54, 1.807) is 28.6 Å². The fourth-order valence-electron chi connectivity index (χ4n) is 6.38. The largest absolute Gasteiger partial charge is 0.394 e. The molecule has 1 N–H and O–H groups in total. The number of rotatable bonds is 6. The van der Waals surface area contributed by atoms with Gasteiger partial charge in [0.1, 0.15) is 6.04 Å². The summed E-state index contributed by atoms with van der Waals surface area (Å²) in [5.41, 5.74) is 0. The maximum Gasteiger partial charge on any atom is 0.247 e. The number of likely N-dealkylation sites (N-methyl/N-ethyl adjacent to an activating group) is 1. The van der Waals surface area contributed by atoms with Crippen molar-refractivity contribution >= 4 is 29.5 Å². The number of hydrogen-bond donors (Lipinski definition) is 1. The van der Waals surface area contributed by atoms with Crippen LogP contribution in [0.15, 0.2) is 24.3 Å². The van der Waals surface area contributed by atoms with Crippen molar-refractivity contribution < 1.29 is 19.5 Å². The lowest BCUT2D eigenvalue weighted by Crippen LogP contribution is -2.57. The Labute approximate surface area is 201 Å². The number of amides is 3. The van der Waals surface area contributed by atoms with Crippen LogP contribution in [-0.2, 0) is 14.4 Å². The van der Waals surface area contributed by atoms with Crippen molar-refractivity contribution in [2.75, 3.05) is 26.7 Å². The molecule has 4 rings (SSSR count). The lowest BCUT2D eigenvalue weighted by atomic mass is 9.74. The van der Waals surface area contributed by atoms with E-state index in [1.807, 2.05) is 37.0 Å². The molecule has 4 aliphatic heterocycles. The van der Waals surface area contributed by atoms with Crippen LogP contribution in [0.3, 0.4) is 0 Å². The molecule has 0 aromatic heterocycles. The number of fused-ring (bicyclic) bond motifs is 2. The van der Waals surface area contributed by atoms with Crippen LogP contribution in [0.1, 0.15) is 47.0 Å². The summed E-state index contributed by atoms with van der Waals surface area (Å²) in [6.45, 7) is 8.92. The Morgan fingerprint density at radius 1 is 1.09 bits per heavy atom. The van der Waals surface area contributed by atoms with Crippen LogP contribution in [0.5, 0.6) is 0 Å². The Morgan fingerprint density at radius 2 is 1.79 bits per heavy atom. The van der Waals surface area contributed by atoms with E-state index >= 15 is 0 Å². The highest BCUT2D eigenvalue weighted by Gasteiger charge is 2.74. The number of aliphatic hydroxyl groups excluding tert-OH is 1. The predicted molar refractivity (Wildman–Crippen MR) is 130 cm³/mol. The van der Waals surface area contributed by atoms with Gasteiger partial charge in [-0.25, -0.2) is 0 Å². The highest BCUT2D eigenvalue weighted by molar-refractivity contribution is 8.02. The van der Waals surface area contributed by atoms with E-state index in [0.29, 0.717) is 19.5 Å². The van der Waals surface area contributed by atoms with E-state index in [4.69, 9.17) is 0 Å². The molecule has 1 spiro atoms. The van der Waals surface area contributed by atoms with Gasteiger partial charge in [0, 0.05) is 30.9 Å². The second kappa shape index (κ2) is 8.77. The van der Waals surface area contributed by atoms with Gasteiger partial charge in [-0.15, -0.1) is 11.8 Å². The first-order chi connectivity index (χ1) is 15.7. The second-order valence-electron chi connectivity index (χ2n) is 10.1. The second-order valence-corrected chi connectivity index (χ2v) is 11.9. The lowest BCUT2D eigenvalue weighted by molar-refractivity contribution is -0.147.